The third kappa shape index (κ3) is 6.13. The van der Waals surface area contributed by atoms with Gasteiger partial charge in [0.05, 0.1) is 24.9 Å². The molecule has 0 saturated heterocycles. The van der Waals surface area contributed by atoms with Crippen LogP contribution in [0.15, 0.2) is 42.5 Å². The maximum absolute atomic E-state index is 12.4. The molecule has 0 radical (unpaired) electrons. The van der Waals surface area contributed by atoms with Crippen LogP contribution in [0.2, 0.25) is 10.0 Å². The molecule has 8 heteroatoms. The minimum Gasteiger partial charge on any atom is -0.497 e. The highest BCUT2D eigenvalue weighted by Gasteiger charge is 2.24. The Morgan fingerprint density at radius 1 is 1.11 bits per heavy atom. The van der Waals surface area contributed by atoms with Crippen LogP contribution in [0, 0.1) is 0 Å². The van der Waals surface area contributed by atoms with Crippen LogP contribution >= 0.6 is 23.2 Å². The number of carbonyl (C=O) groups is 2. The van der Waals surface area contributed by atoms with Crippen LogP contribution < -0.4 is 20.3 Å². The van der Waals surface area contributed by atoms with E-state index >= 15 is 0 Å². The SMILES string of the molecule is COc1ccc(NC(=O)C[NH+](C)[C@H](C)C(=O)Nc2ccc(Cl)cc2Cl)cc1. The van der Waals surface area contributed by atoms with Gasteiger partial charge >= 0.3 is 0 Å². The maximum Gasteiger partial charge on any atom is 0.282 e. The Labute approximate surface area is 168 Å². The molecule has 6 nitrogen and oxygen atoms in total. The van der Waals surface area contributed by atoms with Crippen molar-refractivity contribution in [2.24, 2.45) is 0 Å². The van der Waals surface area contributed by atoms with E-state index in [0.29, 0.717) is 27.2 Å². The zero-order chi connectivity index (χ0) is 20.0. The second kappa shape index (κ2) is 9.60. The van der Waals surface area contributed by atoms with Gasteiger partial charge in [-0.25, -0.2) is 0 Å². The number of likely N-dealkylation sites (N-methyl/N-ethyl adjacent to an activating group) is 1. The summed E-state index contributed by atoms with van der Waals surface area (Å²) in [7, 11) is 3.36. The van der Waals surface area contributed by atoms with Gasteiger partial charge in [-0.05, 0) is 49.4 Å². The zero-order valence-electron chi connectivity index (χ0n) is 15.3. The minimum absolute atomic E-state index is 0.134. The average molecular weight is 411 g/mol. The second-order valence-corrected chi connectivity index (χ2v) is 6.98. The van der Waals surface area contributed by atoms with Crippen molar-refractivity contribution in [3.8, 4) is 5.75 Å². The minimum atomic E-state index is -0.460. The number of anilines is 2. The Hall–Kier alpha value is -2.28. The summed E-state index contributed by atoms with van der Waals surface area (Å²) < 4.78 is 5.08. The van der Waals surface area contributed by atoms with Crippen LogP contribution in [0.1, 0.15) is 6.92 Å². The van der Waals surface area contributed by atoms with Crippen molar-refractivity contribution < 1.29 is 19.2 Å². The molecule has 2 rings (SSSR count). The zero-order valence-corrected chi connectivity index (χ0v) is 16.8. The molecule has 0 aromatic heterocycles. The first kappa shape index (κ1) is 21.0. The van der Waals surface area contributed by atoms with Crippen LogP contribution in [0.4, 0.5) is 11.4 Å². The molecule has 2 atom stereocenters. The van der Waals surface area contributed by atoms with Gasteiger partial charge in [0, 0.05) is 10.7 Å². The van der Waals surface area contributed by atoms with Crippen LogP contribution in [-0.4, -0.2) is 38.6 Å². The largest absolute Gasteiger partial charge is 0.497 e. The van der Waals surface area contributed by atoms with Gasteiger partial charge in [-0.15, -0.1) is 0 Å². The van der Waals surface area contributed by atoms with E-state index in [2.05, 4.69) is 10.6 Å². The molecule has 0 aliphatic heterocycles. The van der Waals surface area contributed by atoms with Crippen molar-refractivity contribution in [2.45, 2.75) is 13.0 Å². The van der Waals surface area contributed by atoms with Gasteiger partial charge in [-0.1, -0.05) is 23.2 Å². The lowest BCUT2D eigenvalue weighted by atomic mass is 10.2. The Morgan fingerprint density at radius 3 is 2.37 bits per heavy atom. The van der Waals surface area contributed by atoms with Crippen LogP contribution in [0.3, 0.4) is 0 Å². The smallest absolute Gasteiger partial charge is 0.282 e. The first-order chi connectivity index (χ1) is 12.8. The molecule has 0 fully saturated rings. The Kier molecular flexibility index (Phi) is 7.47. The summed E-state index contributed by atoms with van der Waals surface area (Å²) in [6.07, 6.45) is 0. The number of quaternary nitrogens is 1. The number of nitrogens with one attached hydrogen (secondary N) is 3. The van der Waals surface area contributed by atoms with E-state index < -0.39 is 6.04 Å². The van der Waals surface area contributed by atoms with E-state index in [4.69, 9.17) is 27.9 Å². The van der Waals surface area contributed by atoms with Gasteiger partial charge in [0.1, 0.15) is 5.75 Å². The Bertz CT molecular complexity index is 812. The van der Waals surface area contributed by atoms with Gasteiger partial charge in [-0.3, -0.25) is 9.59 Å². The summed E-state index contributed by atoms with van der Waals surface area (Å²) in [6, 6.07) is 11.4. The quantitative estimate of drug-likeness (QED) is 0.656. The van der Waals surface area contributed by atoms with Gasteiger partial charge < -0.3 is 20.3 Å². The average Bonchev–Trinajstić information content (AvgIpc) is 2.63. The molecule has 2 aromatic rings. The molecular weight excluding hydrogens is 389 g/mol. The molecule has 0 aliphatic rings. The highest BCUT2D eigenvalue weighted by Crippen LogP contribution is 2.25. The third-order valence-electron chi connectivity index (χ3n) is 4.13. The van der Waals surface area contributed by atoms with Crippen LogP contribution in [0.5, 0.6) is 5.75 Å². The molecule has 0 spiro atoms. The fourth-order valence-corrected chi connectivity index (χ4v) is 2.80. The molecular formula is C19H22Cl2N3O3+. The predicted octanol–water partition coefficient (Wildman–Crippen LogP) is 2.48. The van der Waals surface area contributed by atoms with Gasteiger partial charge in [0.25, 0.3) is 11.8 Å². The van der Waals surface area contributed by atoms with Crippen molar-refractivity contribution in [1.82, 2.24) is 0 Å². The molecule has 0 heterocycles. The van der Waals surface area contributed by atoms with E-state index in [1.807, 2.05) is 0 Å². The number of hydrogen-bond donors (Lipinski definition) is 3. The molecule has 27 heavy (non-hydrogen) atoms. The van der Waals surface area contributed by atoms with Crippen molar-refractivity contribution in [3.63, 3.8) is 0 Å². The van der Waals surface area contributed by atoms with Gasteiger partial charge in [0.2, 0.25) is 0 Å². The number of amides is 2. The van der Waals surface area contributed by atoms with Crippen LogP contribution in [-0.2, 0) is 9.59 Å². The van der Waals surface area contributed by atoms with Crippen molar-refractivity contribution in [1.29, 1.82) is 0 Å². The number of hydrogen-bond acceptors (Lipinski definition) is 3. The van der Waals surface area contributed by atoms with Gasteiger partial charge in [-0.2, -0.15) is 0 Å². The molecule has 3 N–H and O–H groups in total. The summed E-state index contributed by atoms with van der Waals surface area (Å²) in [4.78, 5) is 25.4. The molecule has 2 amide bonds. The summed E-state index contributed by atoms with van der Waals surface area (Å²) >= 11 is 11.9. The van der Waals surface area contributed by atoms with Crippen molar-refractivity contribution in [2.75, 3.05) is 31.3 Å². The monoisotopic (exact) mass is 410 g/mol. The third-order valence-corrected chi connectivity index (χ3v) is 4.68. The second-order valence-electron chi connectivity index (χ2n) is 6.13. The maximum atomic E-state index is 12.4. The molecule has 0 bridgehead atoms. The first-order valence-corrected chi connectivity index (χ1v) is 9.08. The Balaban J connectivity index is 1.90. The molecule has 0 saturated carbocycles. The molecule has 144 valence electrons. The molecule has 0 aliphatic carbocycles. The van der Waals surface area contributed by atoms with E-state index in [0.717, 1.165) is 4.90 Å². The lowest BCUT2D eigenvalue weighted by Crippen LogP contribution is -3.14. The van der Waals surface area contributed by atoms with E-state index in [1.54, 1.807) is 63.5 Å². The summed E-state index contributed by atoms with van der Waals surface area (Å²) in [5, 5.41) is 6.41. The number of benzene rings is 2. The predicted molar refractivity (Wildman–Crippen MR) is 108 cm³/mol. The lowest BCUT2D eigenvalue weighted by molar-refractivity contribution is -0.885. The number of ether oxygens (including phenoxy) is 1. The summed E-state index contributed by atoms with van der Waals surface area (Å²) in [5.74, 6) is 0.276. The summed E-state index contributed by atoms with van der Waals surface area (Å²) in [6.45, 7) is 1.88. The number of carbonyl (C=O) groups excluding carboxylic acids is 2. The lowest BCUT2D eigenvalue weighted by Gasteiger charge is -2.21. The molecule has 2 aromatic carbocycles. The van der Waals surface area contributed by atoms with E-state index in [9.17, 15) is 9.59 Å². The van der Waals surface area contributed by atoms with Crippen molar-refractivity contribution in [3.05, 3.63) is 52.5 Å². The van der Waals surface area contributed by atoms with E-state index in [1.165, 1.54) is 0 Å². The van der Waals surface area contributed by atoms with Crippen LogP contribution in [0.25, 0.3) is 0 Å². The first-order valence-electron chi connectivity index (χ1n) is 8.32. The fraction of sp³-hybridized carbons (Fsp3) is 0.263. The number of rotatable bonds is 7. The number of halogens is 2. The highest BCUT2D eigenvalue weighted by molar-refractivity contribution is 6.36. The molecule has 1 unspecified atom stereocenters. The van der Waals surface area contributed by atoms with Gasteiger partial charge in [0.15, 0.2) is 12.6 Å². The van der Waals surface area contributed by atoms with E-state index in [-0.39, 0.29) is 18.4 Å². The van der Waals surface area contributed by atoms with Crippen molar-refractivity contribution >= 4 is 46.4 Å². The summed E-state index contributed by atoms with van der Waals surface area (Å²) in [5.41, 5.74) is 1.15. The topological polar surface area (TPSA) is 71.9 Å². The standard InChI is InChI=1S/C19H21Cl2N3O3/c1-12(19(26)23-17-9-4-13(20)10-16(17)21)24(2)11-18(25)22-14-5-7-15(27-3)8-6-14/h4-10,12H,11H2,1-3H3,(H,22,25)(H,23,26)/p+1/t12-/m1/s1. The number of methoxy groups -OCH3 is 1. The fourth-order valence-electron chi connectivity index (χ4n) is 2.34. The highest BCUT2D eigenvalue weighted by atomic mass is 35.5. The Morgan fingerprint density at radius 2 is 1.78 bits per heavy atom. The normalized spacial score (nSPS) is 12.8.